The van der Waals surface area contributed by atoms with E-state index in [9.17, 15) is 13.2 Å². The first kappa shape index (κ1) is 20.0. The minimum absolute atomic E-state index is 0.0702. The molecular weight excluding hydrogens is 367 g/mol. The van der Waals surface area contributed by atoms with Crippen molar-refractivity contribution in [3.05, 3.63) is 40.0 Å². The molecule has 0 aliphatic rings. The number of halogens is 3. The van der Waals surface area contributed by atoms with E-state index in [4.69, 9.17) is 0 Å². The van der Waals surface area contributed by atoms with Gasteiger partial charge in [0.05, 0.1) is 13.1 Å². The Labute approximate surface area is 153 Å². The second kappa shape index (κ2) is 9.37. The lowest BCUT2D eigenvalue weighted by Gasteiger charge is -2.10. The summed E-state index contributed by atoms with van der Waals surface area (Å²) < 4.78 is 40.9. The van der Waals surface area contributed by atoms with Crippen LogP contribution in [0.5, 0.6) is 5.88 Å². The highest BCUT2D eigenvalue weighted by atomic mass is 32.1. The first-order valence-corrected chi connectivity index (χ1v) is 8.75. The highest BCUT2D eigenvalue weighted by Gasteiger charge is 2.28. The predicted octanol–water partition coefficient (Wildman–Crippen LogP) is 3.04. The highest BCUT2D eigenvalue weighted by Crippen LogP contribution is 2.17. The molecule has 0 saturated heterocycles. The van der Waals surface area contributed by atoms with E-state index in [0.29, 0.717) is 25.6 Å². The van der Waals surface area contributed by atoms with Gasteiger partial charge < -0.3 is 15.4 Å². The van der Waals surface area contributed by atoms with Crippen LogP contribution >= 0.6 is 11.3 Å². The van der Waals surface area contributed by atoms with E-state index in [-0.39, 0.29) is 5.88 Å². The van der Waals surface area contributed by atoms with Crippen LogP contribution in [-0.2, 0) is 13.1 Å². The van der Waals surface area contributed by atoms with E-state index in [0.717, 1.165) is 15.4 Å². The van der Waals surface area contributed by atoms with Crippen LogP contribution in [0, 0.1) is 6.92 Å². The third-order valence-corrected chi connectivity index (χ3v) is 3.93. The molecule has 2 rings (SSSR count). The molecule has 0 fully saturated rings. The summed E-state index contributed by atoms with van der Waals surface area (Å²) in [5.41, 5.74) is 0.756. The molecule has 0 aromatic carbocycles. The van der Waals surface area contributed by atoms with Crippen molar-refractivity contribution in [2.45, 2.75) is 33.1 Å². The molecule has 2 heterocycles. The summed E-state index contributed by atoms with van der Waals surface area (Å²) in [6.07, 6.45) is -1.12. The molecule has 0 bridgehead atoms. The average molecular weight is 387 g/mol. The summed E-state index contributed by atoms with van der Waals surface area (Å²) in [5.74, 6) is 0.553. The van der Waals surface area contributed by atoms with Gasteiger partial charge in [-0.2, -0.15) is 13.2 Å². The Morgan fingerprint density at radius 1 is 1.23 bits per heavy atom. The maximum atomic E-state index is 12.1. The zero-order chi connectivity index (χ0) is 19.0. The number of hydrogen-bond donors (Lipinski definition) is 2. The van der Waals surface area contributed by atoms with E-state index >= 15 is 0 Å². The Hall–Kier alpha value is -2.36. The molecule has 0 saturated carbocycles. The number of aromatic nitrogens is 2. The van der Waals surface area contributed by atoms with Gasteiger partial charge in [0.2, 0.25) is 5.88 Å². The van der Waals surface area contributed by atoms with E-state index in [1.54, 1.807) is 17.4 Å². The molecule has 0 amide bonds. The number of nitrogens with zero attached hydrogens (tertiary/aromatic N) is 3. The fraction of sp³-hybridized carbons (Fsp3) is 0.438. The van der Waals surface area contributed by atoms with Crippen molar-refractivity contribution in [2.24, 2.45) is 4.99 Å². The molecule has 0 aliphatic carbocycles. The summed E-state index contributed by atoms with van der Waals surface area (Å²) >= 11 is 1.61. The van der Waals surface area contributed by atoms with Crippen LogP contribution in [0.2, 0.25) is 0 Å². The number of aryl methyl sites for hydroxylation is 1. The second-order valence-corrected chi connectivity index (χ2v) is 6.64. The Kier molecular flexibility index (Phi) is 7.19. The minimum atomic E-state index is -4.38. The van der Waals surface area contributed by atoms with Crippen molar-refractivity contribution in [3.63, 3.8) is 0 Å². The monoisotopic (exact) mass is 387 g/mol. The highest BCUT2D eigenvalue weighted by molar-refractivity contribution is 7.11. The fourth-order valence-corrected chi connectivity index (χ4v) is 2.63. The van der Waals surface area contributed by atoms with Crippen LogP contribution in [0.15, 0.2) is 29.5 Å². The number of nitrogens with one attached hydrogen (secondary N) is 2. The Balaban J connectivity index is 1.89. The first-order chi connectivity index (χ1) is 12.4. The third-order valence-electron chi connectivity index (χ3n) is 3.02. The standard InChI is InChI=1S/C16H20F3N5OS/c1-3-20-15(24-9-14-22-6-11(2)26-14)23-8-12-4-5-13(21-7-12)25-10-16(17,18)19/h4-7H,3,8-10H2,1-2H3,(H2,20,23,24). The lowest BCUT2D eigenvalue weighted by molar-refractivity contribution is -0.154. The first-order valence-electron chi connectivity index (χ1n) is 7.93. The normalized spacial score (nSPS) is 12.1. The van der Waals surface area contributed by atoms with Gasteiger partial charge >= 0.3 is 6.18 Å². The van der Waals surface area contributed by atoms with Crippen molar-refractivity contribution in [1.29, 1.82) is 0 Å². The van der Waals surface area contributed by atoms with Crippen LogP contribution in [-0.4, -0.2) is 35.3 Å². The number of pyridine rings is 1. The van der Waals surface area contributed by atoms with Crippen molar-refractivity contribution in [2.75, 3.05) is 13.2 Å². The van der Waals surface area contributed by atoms with E-state index < -0.39 is 12.8 Å². The van der Waals surface area contributed by atoms with Gasteiger partial charge in [-0.15, -0.1) is 11.3 Å². The van der Waals surface area contributed by atoms with Gasteiger partial charge in [-0.05, 0) is 19.4 Å². The van der Waals surface area contributed by atoms with E-state index in [1.807, 2.05) is 20.0 Å². The largest absolute Gasteiger partial charge is 0.468 e. The van der Waals surface area contributed by atoms with Crippen LogP contribution < -0.4 is 15.4 Å². The number of alkyl halides is 3. The molecule has 0 radical (unpaired) electrons. The van der Waals surface area contributed by atoms with E-state index in [1.165, 1.54) is 12.3 Å². The molecule has 2 N–H and O–H groups in total. The van der Waals surface area contributed by atoms with Gasteiger partial charge in [0.1, 0.15) is 5.01 Å². The van der Waals surface area contributed by atoms with Crippen LogP contribution in [0.3, 0.4) is 0 Å². The minimum Gasteiger partial charge on any atom is -0.468 e. The van der Waals surface area contributed by atoms with Gasteiger partial charge in [0.25, 0.3) is 0 Å². The summed E-state index contributed by atoms with van der Waals surface area (Å²) in [6.45, 7) is 4.19. The molecule has 142 valence electrons. The van der Waals surface area contributed by atoms with Gasteiger partial charge in [0, 0.05) is 29.9 Å². The predicted molar refractivity (Wildman–Crippen MR) is 94.3 cm³/mol. The number of hydrogen-bond acceptors (Lipinski definition) is 5. The maximum Gasteiger partial charge on any atom is 0.422 e. The Morgan fingerprint density at radius 2 is 2.04 bits per heavy atom. The molecule has 2 aromatic rings. The number of aliphatic imine (C=N–C) groups is 1. The maximum absolute atomic E-state index is 12.1. The molecule has 2 aromatic heterocycles. The molecular formula is C16H20F3N5OS. The number of rotatable bonds is 7. The van der Waals surface area contributed by atoms with Gasteiger partial charge in [0.15, 0.2) is 12.6 Å². The molecule has 0 atom stereocenters. The third kappa shape index (κ3) is 7.26. The quantitative estimate of drug-likeness (QED) is 0.564. The van der Waals surface area contributed by atoms with Gasteiger partial charge in [-0.25, -0.2) is 15.0 Å². The Bertz CT molecular complexity index is 715. The average Bonchev–Trinajstić information content (AvgIpc) is 3.01. The Morgan fingerprint density at radius 3 is 2.62 bits per heavy atom. The SMILES string of the molecule is CCNC(=NCc1ccc(OCC(F)(F)F)nc1)NCc1ncc(C)s1. The summed E-state index contributed by atoms with van der Waals surface area (Å²) in [5, 5.41) is 7.27. The molecule has 10 heteroatoms. The molecule has 0 unspecified atom stereocenters. The van der Waals surface area contributed by atoms with Crippen LogP contribution in [0.25, 0.3) is 0 Å². The van der Waals surface area contributed by atoms with Crippen molar-refractivity contribution < 1.29 is 17.9 Å². The summed E-state index contributed by atoms with van der Waals surface area (Å²) in [7, 11) is 0. The molecule has 6 nitrogen and oxygen atoms in total. The number of ether oxygens (including phenoxy) is 1. The van der Waals surface area contributed by atoms with Gasteiger partial charge in [-0.1, -0.05) is 6.07 Å². The zero-order valence-corrected chi connectivity index (χ0v) is 15.2. The summed E-state index contributed by atoms with van der Waals surface area (Å²) in [6, 6.07) is 3.03. The topological polar surface area (TPSA) is 71.4 Å². The zero-order valence-electron chi connectivity index (χ0n) is 14.4. The number of thiazole rings is 1. The molecule has 0 spiro atoms. The van der Waals surface area contributed by atoms with Crippen molar-refractivity contribution in [1.82, 2.24) is 20.6 Å². The van der Waals surface area contributed by atoms with Crippen molar-refractivity contribution in [3.8, 4) is 5.88 Å². The molecule has 26 heavy (non-hydrogen) atoms. The molecule has 0 aliphatic heterocycles. The van der Waals surface area contributed by atoms with Crippen LogP contribution in [0.4, 0.5) is 13.2 Å². The second-order valence-electron chi connectivity index (χ2n) is 5.32. The van der Waals surface area contributed by atoms with Gasteiger partial charge in [-0.3, -0.25) is 0 Å². The summed E-state index contributed by atoms with van der Waals surface area (Å²) in [4.78, 5) is 13.7. The number of guanidine groups is 1. The van der Waals surface area contributed by atoms with Crippen LogP contribution in [0.1, 0.15) is 22.4 Å². The smallest absolute Gasteiger partial charge is 0.422 e. The fourth-order valence-electron chi connectivity index (χ4n) is 1.90. The van der Waals surface area contributed by atoms with E-state index in [2.05, 4.69) is 30.3 Å². The van der Waals surface area contributed by atoms with Crippen molar-refractivity contribution >= 4 is 17.3 Å². The lowest BCUT2D eigenvalue weighted by Crippen LogP contribution is -2.36. The lowest BCUT2D eigenvalue weighted by atomic mass is 10.3.